The fourth-order valence-corrected chi connectivity index (χ4v) is 3.19. The van der Waals surface area contributed by atoms with Crippen molar-refractivity contribution in [3.63, 3.8) is 0 Å². The minimum atomic E-state index is -0.963. The van der Waals surface area contributed by atoms with Gasteiger partial charge in [0.25, 0.3) is 0 Å². The smallest absolute Gasteiger partial charge is 0.336 e. The molecule has 4 rings (SSSR count). The lowest BCUT2D eigenvalue weighted by molar-refractivity contribution is 0.0697. The zero-order valence-electron chi connectivity index (χ0n) is 10.6. The molecule has 4 aromatic rings. The van der Waals surface area contributed by atoms with Gasteiger partial charge in [0, 0.05) is 11.8 Å². The molecule has 0 atom stereocenters. The molecule has 0 aliphatic rings. The van der Waals surface area contributed by atoms with Crippen LogP contribution in [-0.2, 0) is 0 Å². The maximum absolute atomic E-state index is 11.3. The summed E-state index contributed by atoms with van der Waals surface area (Å²) in [5, 5.41) is 9.27. The van der Waals surface area contributed by atoms with E-state index in [0.717, 1.165) is 15.3 Å². The van der Waals surface area contributed by atoms with Crippen molar-refractivity contribution in [2.45, 2.75) is 0 Å². The Morgan fingerprint density at radius 2 is 2.14 bits per heavy atom. The minimum Gasteiger partial charge on any atom is -0.478 e. The monoisotopic (exact) mass is 296 g/mol. The average molecular weight is 296 g/mol. The second-order valence-corrected chi connectivity index (χ2v) is 5.40. The summed E-state index contributed by atoms with van der Waals surface area (Å²) in [4.78, 5) is 25.6. The fourth-order valence-electron chi connectivity index (χ4n) is 2.27. The first kappa shape index (κ1) is 12.0. The Kier molecular flexibility index (Phi) is 2.48. The maximum atomic E-state index is 11.3. The number of aromatic nitrogens is 4. The molecular weight excluding hydrogens is 288 g/mol. The third-order valence-electron chi connectivity index (χ3n) is 3.21. The highest BCUT2D eigenvalue weighted by atomic mass is 32.1. The Bertz CT molecular complexity index is 989. The Hall–Kier alpha value is -2.80. The quantitative estimate of drug-likeness (QED) is 0.615. The molecule has 1 N–H and O–H groups in total. The summed E-state index contributed by atoms with van der Waals surface area (Å²) in [6.07, 6.45) is 5.04. The summed E-state index contributed by atoms with van der Waals surface area (Å²) < 4.78 is 1.88. The van der Waals surface area contributed by atoms with E-state index >= 15 is 0 Å². The number of carbonyl (C=O) groups is 1. The number of nitrogens with zero attached hydrogens (tertiary/aromatic N) is 4. The van der Waals surface area contributed by atoms with E-state index in [4.69, 9.17) is 0 Å². The van der Waals surface area contributed by atoms with Crippen molar-refractivity contribution in [3.8, 4) is 11.3 Å². The number of hydrogen-bond donors (Lipinski definition) is 1. The molecule has 0 amide bonds. The molecule has 7 heteroatoms. The van der Waals surface area contributed by atoms with E-state index < -0.39 is 5.97 Å². The Morgan fingerprint density at radius 3 is 3.00 bits per heavy atom. The van der Waals surface area contributed by atoms with Crippen LogP contribution in [0.2, 0.25) is 0 Å². The van der Waals surface area contributed by atoms with E-state index in [1.54, 1.807) is 30.5 Å². The van der Waals surface area contributed by atoms with E-state index in [2.05, 4.69) is 15.0 Å². The number of aromatic carboxylic acids is 1. The molecular formula is C14H8N4O2S. The Labute approximate surface area is 122 Å². The number of carboxylic acid groups (broad SMARTS) is 1. The van der Waals surface area contributed by atoms with Crippen LogP contribution in [0.15, 0.2) is 43.0 Å². The molecule has 0 saturated carbocycles. The fraction of sp³-hybridized carbons (Fsp3) is 0. The van der Waals surface area contributed by atoms with Gasteiger partial charge in [-0.1, -0.05) is 29.5 Å². The zero-order chi connectivity index (χ0) is 14.4. The van der Waals surface area contributed by atoms with Crippen LogP contribution in [0, 0.1) is 0 Å². The van der Waals surface area contributed by atoms with Crippen molar-refractivity contribution in [3.05, 3.63) is 48.5 Å². The second-order valence-electron chi connectivity index (χ2n) is 4.44. The second kappa shape index (κ2) is 4.35. The van der Waals surface area contributed by atoms with Crippen molar-refractivity contribution >= 4 is 32.6 Å². The van der Waals surface area contributed by atoms with Gasteiger partial charge >= 0.3 is 5.97 Å². The van der Waals surface area contributed by atoms with Gasteiger partial charge in [-0.05, 0) is 6.07 Å². The van der Waals surface area contributed by atoms with Crippen LogP contribution < -0.4 is 0 Å². The predicted molar refractivity (Wildman–Crippen MR) is 78.6 cm³/mol. The zero-order valence-corrected chi connectivity index (χ0v) is 11.4. The van der Waals surface area contributed by atoms with Gasteiger partial charge in [0.05, 0.1) is 17.5 Å². The molecule has 0 fully saturated rings. The van der Waals surface area contributed by atoms with Gasteiger partial charge in [-0.15, -0.1) is 0 Å². The molecule has 0 aliphatic carbocycles. The van der Waals surface area contributed by atoms with Crippen LogP contribution in [0.1, 0.15) is 10.4 Å². The molecule has 0 bridgehead atoms. The van der Waals surface area contributed by atoms with Crippen LogP contribution in [0.4, 0.5) is 0 Å². The Balaban J connectivity index is 1.98. The number of imidazole rings is 1. The number of carboxylic acids is 1. The van der Waals surface area contributed by atoms with Crippen molar-refractivity contribution < 1.29 is 9.90 Å². The van der Waals surface area contributed by atoms with Crippen LogP contribution in [0.3, 0.4) is 0 Å². The SMILES string of the molecule is O=C(O)c1ccccc1-c1cn2c(n1)sc1ncncc12. The van der Waals surface area contributed by atoms with E-state index in [0.29, 0.717) is 11.3 Å². The maximum Gasteiger partial charge on any atom is 0.336 e. The standard InChI is InChI=1S/C14H8N4O2S/c19-13(20)9-4-2-1-3-8(9)10-6-18-11-5-15-7-16-12(11)21-14(18)17-10/h1-7H,(H,19,20). The molecule has 3 aromatic heterocycles. The molecule has 3 heterocycles. The highest BCUT2D eigenvalue weighted by molar-refractivity contribution is 7.23. The van der Waals surface area contributed by atoms with Gasteiger partial charge < -0.3 is 5.11 Å². The summed E-state index contributed by atoms with van der Waals surface area (Å²) >= 11 is 1.44. The molecule has 0 saturated heterocycles. The van der Waals surface area contributed by atoms with Crippen LogP contribution in [0.25, 0.3) is 26.6 Å². The highest BCUT2D eigenvalue weighted by Gasteiger charge is 2.15. The van der Waals surface area contributed by atoms with Gasteiger partial charge in [-0.3, -0.25) is 4.40 Å². The van der Waals surface area contributed by atoms with Crippen LogP contribution in [-0.4, -0.2) is 30.4 Å². The number of rotatable bonds is 2. The lowest BCUT2D eigenvalue weighted by Gasteiger charge is -2.01. The van der Waals surface area contributed by atoms with Crippen molar-refractivity contribution in [2.24, 2.45) is 0 Å². The molecule has 0 spiro atoms. The molecule has 0 unspecified atom stereocenters. The molecule has 102 valence electrons. The first-order valence-electron chi connectivity index (χ1n) is 6.14. The van der Waals surface area contributed by atoms with Gasteiger partial charge in [0.15, 0.2) is 4.96 Å². The molecule has 6 nitrogen and oxygen atoms in total. The molecule has 1 aromatic carbocycles. The summed E-state index contributed by atoms with van der Waals surface area (Å²) in [7, 11) is 0. The third-order valence-corrected chi connectivity index (χ3v) is 4.19. The van der Waals surface area contributed by atoms with Crippen molar-refractivity contribution in [1.82, 2.24) is 19.4 Å². The van der Waals surface area contributed by atoms with E-state index in [1.165, 1.54) is 17.7 Å². The highest BCUT2D eigenvalue weighted by Crippen LogP contribution is 2.29. The van der Waals surface area contributed by atoms with Gasteiger partial charge in [0.2, 0.25) is 0 Å². The van der Waals surface area contributed by atoms with Crippen LogP contribution in [0.5, 0.6) is 0 Å². The number of fused-ring (bicyclic) bond motifs is 3. The summed E-state index contributed by atoms with van der Waals surface area (Å²) in [6.45, 7) is 0. The lowest BCUT2D eigenvalue weighted by Crippen LogP contribution is -1.99. The number of benzene rings is 1. The third kappa shape index (κ3) is 1.78. The largest absolute Gasteiger partial charge is 0.478 e. The average Bonchev–Trinajstić information content (AvgIpc) is 3.04. The lowest BCUT2D eigenvalue weighted by atomic mass is 10.1. The van der Waals surface area contributed by atoms with E-state index in [9.17, 15) is 9.90 Å². The van der Waals surface area contributed by atoms with E-state index in [-0.39, 0.29) is 5.56 Å². The van der Waals surface area contributed by atoms with Gasteiger partial charge in [0.1, 0.15) is 16.7 Å². The van der Waals surface area contributed by atoms with E-state index in [1.807, 2.05) is 10.6 Å². The number of thiazole rings is 1. The van der Waals surface area contributed by atoms with Gasteiger partial charge in [-0.2, -0.15) is 0 Å². The first-order valence-corrected chi connectivity index (χ1v) is 6.96. The van der Waals surface area contributed by atoms with Crippen molar-refractivity contribution in [2.75, 3.05) is 0 Å². The summed E-state index contributed by atoms with van der Waals surface area (Å²) in [5.74, 6) is -0.963. The summed E-state index contributed by atoms with van der Waals surface area (Å²) in [5.41, 5.74) is 2.34. The first-order chi connectivity index (χ1) is 10.2. The van der Waals surface area contributed by atoms with Crippen molar-refractivity contribution in [1.29, 1.82) is 0 Å². The minimum absolute atomic E-state index is 0.240. The van der Waals surface area contributed by atoms with Gasteiger partial charge in [-0.25, -0.2) is 19.7 Å². The number of hydrogen-bond acceptors (Lipinski definition) is 5. The Morgan fingerprint density at radius 1 is 1.29 bits per heavy atom. The molecule has 0 aliphatic heterocycles. The molecule has 0 radical (unpaired) electrons. The van der Waals surface area contributed by atoms with Crippen LogP contribution >= 0.6 is 11.3 Å². The normalized spacial score (nSPS) is 11.2. The summed E-state index contributed by atoms with van der Waals surface area (Å²) in [6, 6.07) is 6.84. The topological polar surface area (TPSA) is 80.4 Å². The predicted octanol–water partition coefficient (Wildman–Crippen LogP) is 2.70. The molecule has 21 heavy (non-hydrogen) atoms.